The lowest BCUT2D eigenvalue weighted by Crippen LogP contribution is -2.31. The number of aliphatic hydroxyl groups is 2. The van der Waals surface area contributed by atoms with Gasteiger partial charge in [0.15, 0.2) is 0 Å². The van der Waals surface area contributed by atoms with Crippen molar-refractivity contribution < 1.29 is 10.2 Å². The maximum Gasteiger partial charge on any atom is 0.0608 e. The highest BCUT2D eigenvalue weighted by molar-refractivity contribution is 5.38. The van der Waals surface area contributed by atoms with Crippen molar-refractivity contribution in [2.45, 2.75) is 114 Å². The summed E-state index contributed by atoms with van der Waals surface area (Å²) in [7, 11) is 0. The van der Waals surface area contributed by atoms with Crippen LogP contribution in [0.4, 0.5) is 0 Å². The SMILES string of the molecule is CC1=C(/C=C/C(C)=C/C=C/C(C)=C/C=C/C=C(\C)CC/C=C(C)/C=C/C2=C[C@H](C)[C@H](O)CC2(C)C)C(C)(C)C[C@@H](O)C1. The summed E-state index contributed by atoms with van der Waals surface area (Å²) in [6.45, 7) is 21.7. The van der Waals surface area contributed by atoms with Crippen molar-refractivity contribution >= 4 is 0 Å². The van der Waals surface area contributed by atoms with E-state index in [1.165, 1.54) is 39.0 Å². The fraction of sp³-hybridized carbons (Fsp3) is 0.500. The summed E-state index contributed by atoms with van der Waals surface area (Å²) in [5.74, 6) is 0.213. The third-order valence-corrected chi connectivity index (χ3v) is 8.64. The second kappa shape index (κ2) is 16.2. The molecule has 0 aliphatic heterocycles. The van der Waals surface area contributed by atoms with Crippen LogP contribution in [0.3, 0.4) is 0 Å². The molecule has 2 aliphatic carbocycles. The van der Waals surface area contributed by atoms with Gasteiger partial charge >= 0.3 is 0 Å². The molecule has 0 saturated heterocycles. The minimum atomic E-state index is -0.243. The van der Waals surface area contributed by atoms with E-state index in [-0.39, 0.29) is 29.0 Å². The topological polar surface area (TPSA) is 40.5 Å². The molecular formula is C40H58O2. The molecule has 0 aromatic heterocycles. The van der Waals surface area contributed by atoms with Crippen LogP contribution in [0, 0.1) is 16.7 Å². The van der Waals surface area contributed by atoms with Crippen LogP contribution >= 0.6 is 0 Å². The number of rotatable bonds is 11. The lowest BCUT2D eigenvalue weighted by Gasteiger charge is -2.36. The first-order chi connectivity index (χ1) is 19.6. The summed E-state index contributed by atoms with van der Waals surface area (Å²) < 4.78 is 0. The molecule has 2 rings (SSSR count). The monoisotopic (exact) mass is 570 g/mol. The Morgan fingerprint density at radius 2 is 1.43 bits per heavy atom. The third-order valence-electron chi connectivity index (χ3n) is 8.64. The van der Waals surface area contributed by atoms with Gasteiger partial charge in [0.25, 0.3) is 0 Å². The molecule has 3 atom stereocenters. The van der Waals surface area contributed by atoms with E-state index in [9.17, 15) is 10.2 Å². The van der Waals surface area contributed by atoms with Crippen LogP contribution in [0.5, 0.6) is 0 Å². The Hall–Kier alpha value is -2.68. The van der Waals surface area contributed by atoms with Gasteiger partial charge < -0.3 is 10.2 Å². The zero-order valence-electron chi connectivity index (χ0n) is 28.2. The summed E-state index contributed by atoms with van der Waals surface area (Å²) in [5.41, 5.74) is 9.05. The van der Waals surface area contributed by atoms with E-state index in [0.717, 1.165) is 32.1 Å². The van der Waals surface area contributed by atoms with Gasteiger partial charge in [-0.1, -0.05) is 141 Å². The van der Waals surface area contributed by atoms with Crippen LogP contribution < -0.4 is 0 Å². The molecule has 0 radical (unpaired) electrons. The van der Waals surface area contributed by atoms with Crippen molar-refractivity contribution in [3.05, 3.63) is 118 Å². The lowest BCUT2D eigenvalue weighted by atomic mass is 9.71. The van der Waals surface area contributed by atoms with E-state index >= 15 is 0 Å². The number of hydrogen-bond donors (Lipinski definition) is 2. The Morgan fingerprint density at radius 3 is 2.12 bits per heavy atom. The fourth-order valence-electron chi connectivity index (χ4n) is 5.91. The molecule has 0 bridgehead atoms. The molecule has 2 heteroatoms. The molecule has 0 fully saturated rings. The van der Waals surface area contributed by atoms with Crippen molar-refractivity contribution in [2.75, 3.05) is 0 Å². The predicted octanol–water partition coefficient (Wildman–Crippen LogP) is 10.6. The maximum absolute atomic E-state index is 10.2. The maximum atomic E-state index is 10.2. The molecule has 230 valence electrons. The Bertz CT molecular complexity index is 1230. The minimum absolute atomic E-state index is 0.00938. The molecule has 0 saturated carbocycles. The minimum Gasteiger partial charge on any atom is -0.393 e. The smallest absolute Gasteiger partial charge is 0.0608 e. The first-order valence-electron chi connectivity index (χ1n) is 15.8. The Morgan fingerprint density at radius 1 is 0.810 bits per heavy atom. The summed E-state index contributed by atoms with van der Waals surface area (Å²) in [6.07, 6.45) is 32.4. The molecular weight excluding hydrogens is 512 g/mol. The van der Waals surface area contributed by atoms with Gasteiger partial charge in [-0.05, 0) is 88.7 Å². The van der Waals surface area contributed by atoms with Crippen LogP contribution in [-0.4, -0.2) is 22.4 Å². The largest absolute Gasteiger partial charge is 0.393 e. The highest BCUT2D eigenvalue weighted by Gasteiger charge is 2.32. The van der Waals surface area contributed by atoms with Gasteiger partial charge in [0, 0.05) is 5.92 Å². The first kappa shape index (κ1) is 35.5. The average molecular weight is 571 g/mol. The van der Waals surface area contributed by atoms with Crippen molar-refractivity contribution in [3.63, 3.8) is 0 Å². The second-order valence-corrected chi connectivity index (χ2v) is 14.0. The van der Waals surface area contributed by atoms with Crippen LogP contribution in [0.2, 0.25) is 0 Å². The standard InChI is InChI=1S/C40H58O2/c1-29(17-13-19-31(3)21-23-35-25-34(6)38(42)28-39(35,7)8)15-11-12-16-30(2)18-14-20-32(4)22-24-37-33(5)26-36(41)27-40(37,9)10/h11-12,14-16,18-25,34,36,38,41-42H,13,17,26-28H2,1-10H3/b12-11+,18-14+,23-21+,24-22+,29-15+,30-16+,31-19+,32-20+/t34-,36-,38+/m0/s1. The summed E-state index contributed by atoms with van der Waals surface area (Å²) in [4.78, 5) is 0. The van der Waals surface area contributed by atoms with Gasteiger partial charge in [-0.25, -0.2) is 0 Å². The van der Waals surface area contributed by atoms with Gasteiger partial charge in [0.2, 0.25) is 0 Å². The lowest BCUT2D eigenvalue weighted by molar-refractivity contribution is 0.0847. The van der Waals surface area contributed by atoms with Crippen LogP contribution in [0.25, 0.3) is 0 Å². The van der Waals surface area contributed by atoms with Crippen molar-refractivity contribution in [2.24, 2.45) is 16.7 Å². The van der Waals surface area contributed by atoms with E-state index in [4.69, 9.17) is 0 Å². The van der Waals surface area contributed by atoms with E-state index in [1.54, 1.807) is 0 Å². The van der Waals surface area contributed by atoms with Crippen LogP contribution in [0.15, 0.2) is 118 Å². The Labute approximate surface area is 258 Å². The van der Waals surface area contributed by atoms with Gasteiger partial charge in [0.05, 0.1) is 12.2 Å². The van der Waals surface area contributed by atoms with Crippen molar-refractivity contribution in [1.29, 1.82) is 0 Å². The summed E-state index contributed by atoms with van der Waals surface area (Å²) >= 11 is 0. The van der Waals surface area contributed by atoms with E-state index in [1.807, 2.05) is 0 Å². The molecule has 42 heavy (non-hydrogen) atoms. The molecule has 0 amide bonds. The number of aliphatic hydroxyl groups excluding tert-OH is 2. The number of hydrogen-bond acceptors (Lipinski definition) is 2. The zero-order valence-corrected chi connectivity index (χ0v) is 28.2. The van der Waals surface area contributed by atoms with Gasteiger partial charge in [0.1, 0.15) is 0 Å². The average Bonchev–Trinajstić information content (AvgIpc) is 2.86. The normalized spacial score (nSPS) is 26.4. The van der Waals surface area contributed by atoms with Crippen molar-refractivity contribution in [3.8, 4) is 0 Å². The highest BCUT2D eigenvalue weighted by Crippen LogP contribution is 2.41. The van der Waals surface area contributed by atoms with Crippen molar-refractivity contribution in [1.82, 2.24) is 0 Å². The molecule has 0 unspecified atom stereocenters. The number of allylic oxidation sites excluding steroid dienone is 18. The van der Waals surface area contributed by atoms with E-state index in [2.05, 4.69) is 148 Å². The van der Waals surface area contributed by atoms with Gasteiger partial charge in [-0.15, -0.1) is 0 Å². The third kappa shape index (κ3) is 11.9. The predicted molar refractivity (Wildman–Crippen MR) is 184 cm³/mol. The summed E-state index contributed by atoms with van der Waals surface area (Å²) in [5, 5.41) is 20.3. The molecule has 2 aliphatic rings. The molecule has 0 aromatic carbocycles. The molecule has 2 nitrogen and oxygen atoms in total. The second-order valence-electron chi connectivity index (χ2n) is 14.0. The van der Waals surface area contributed by atoms with Gasteiger partial charge in [-0.2, -0.15) is 0 Å². The molecule has 0 heterocycles. The molecule has 0 spiro atoms. The van der Waals surface area contributed by atoms with Crippen LogP contribution in [-0.2, 0) is 0 Å². The van der Waals surface area contributed by atoms with Crippen LogP contribution in [0.1, 0.15) is 101 Å². The Balaban J connectivity index is 1.84. The van der Waals surface area contributed by atoms with E-state index in [0.29, 0.717) is 0 Å². The zero-order chi connectivity index (χ0) is 31.5. The van der Waals surface area contributed by atoms with E-state index < -0.39 is 0 Å². The molecule has 0 aromatic rings. The quantitative estimate of drug-likeness (QED) is 0.243. The summed E-state index contributed by atoms with van der Waals surface area (Å²) in [6, 6.07) is 0. The first-order valence-corrected chi connectivity index (χ1v) is 15.8. The molecule has 2 N–H and O–H groups in total. The fourth-order valence-corrected chi connectivity index (χ4v) is 5.91. The van der Waals surface area contributed by atoms with Gasteiger partial charge in [-0.3, -0.25) is 0 Å². The highest BCUT2D eigenvalue weighted by atomic mass is 16.3. The Kier molecular flexibility index (Phi) is 13.7.